The summed E-state index contributed by atoms with van der Waals surface area (Å²) in [6.45, 7) is 1.91. The van der Waals surface area contributed by atoms with Crippen LogP contribution in [0.5, 0.6) is 0 Å². The number of nitrogens with zero attached hydrogens (tertiary/aromatic N) is 1. The van der Waals surface area contributed by atoms with Crippen molar-refractivity contribution in [2.75, 3.05) is 5.32 Å². The highest BCUT2D eigenvalue weighted by atomic mass is 19.1. The lowest BCUT2D eigenvalue weighted by molar-refractivity contribution is -0.120. The van der Waals surface area contributed by atoms with Crippen molar-refractivity contribution in [1.29, 1.82) is 0 Å². The number of H-pyrrole nitrogens is 1. The number of halogens is 1. The molecule has 2 N–H and O–H groups in total. The zero-order valence-corrected chi connectivity index (χ0v) is 11.2. The highest BCUT2D eigenvalue weighted by molar-refractivity contribution is 5.92. The molecule has 1 aliphatic carbocycles. The number of carbonyl (C=O) groups is 1. The van der Waals surface area contributed by atoms with Crippen molar-refractivity contribution in [2.24, 2.45) is 5.92 Å². The highest BCUT2D eigenvalue weighted by Gasteiger charge is 2.27. The number of aromatic nitrogens is 2. The third kappa shape index (κ3) is 2.43. The average molecular weight is 273 g/mol. The Morgan fingerprint density at radius 3 is 3.05 bits per heavy atom. The molecule has 1 atom stereocenters. The first kappa shape index (κ1) is 12.8. The Balaban J connectivity index is 1.72. The van der Waals surface area contributed by atoms with Crippen LogP contribution >= 0.6 is 0 Å². The van der Waals surface area contributed by atoms with Crippen LogP contribution in [0.1, 0.15) is 23.6 Å². The predicted octanol–water partition coefficient (Wildman–Crippen LogP) is 2.60. The fourth-order valence-electron chi connectivity index (χ4n) is 2.64. The van der Waals surface area contributed by atoms with Crippen LogP contribution < -0.4 is 5.32 Å². The smallest absolute Gasteiger partial charge is 0.227 e. The molecule has 0 radical (unpaired) electrons. The normalized spacial score (nSPS) is 17.6. The second-order valence-corrected chi connectivity index (χ2v) is 5.16. The molecule has 0 spiro atoms. The number of benzene rings is 1. The maximum absolute atomic E-state index is 13.5. The minimum atomic E-state index is -0.408. The maximum Gasteiger partial charge on any atom is 0.227 e. The van der Waals surface area contributed by atoms with Crippen LogP contribution in [0.4, 0.5) is 10.1 Å². The molecule has 4 nitrogen and oxygen atoms in total. The highest BCUT2D eigenvalue weighted by Crippen LogP contribution is 2.25. The van der Waals surface area contributed by atoms with E-state index in [2.05, 4.69) is 15.3 Å². The molecule has 2 aromatic rings. The number of imidazole rings is 1. The summed E-state index contributed by atoms with van der Waals surface area (Å²) in [7, 11) is 0. The Morgan fingerprint density at radius 1 is 1.45 bits per heavy atom. The van der Waals surface area contributed by atoms with Gasteiger partial charge in [-0.15, -0.1) is 0 Å². The molecule has 0 saturated carbocycles. The lowest BCUT2D eigenvalue weighted by atomic mass is 9.89. The quantitative estimate of drug-likeness (QED) is 0.883. The van der Waals surface area contributed by atoms with E-state index in [-0.39, 0.29) is 17.5 Å². The number of nitrogens with one attached hydrogen (secondary N) is 2. The van der Waals surface area contributed by atoms with Crippen LogP contribution in [-0.2, 0) is 17.6 Å². The van der Waals surface area contributed by atoms with E-state index in [0.717, 1.165) is 30.1 Å². The summed E-state index contributed by atoms with van der Waals surface area (Å²) in [6, 6.07) is 6.22. The summed E-state index contributed by atoms with van der Waals surface area (Å²) < 4.78 is 13.5. The molecule has 0 aliphatic heterocycles. The number of anilines is 1. The van der Waals surface area contributed by atoms with E-state index in [9.17, 15) is 9.18 Å². The summed E-state index contributed by atoms with van der Waals surface area (Å²) >= 11 is 0. The molecule has 3 rings (SSSR count). The molecule has 1 aromatic carbocycles. The Kier molecular flexibility index (Phi) is 3.26. The van der Waals surface area contributed by atoms with E-state index in [4.69, 9.17) is 0 Å². The molecule has 20 heavy (non-hydrogen) atoms. The molecule has 1 amide bonds. The zero-order valence-electron chi connectivity index (χ0n) is 11.2. The second-order valence-electron chi connectivity index (χ2n) is 5.16. The molecule has 0 fully saturated rings. The van der Waals surface area contributed by atoms with Gasteiger partial charge < -0.3 is 10.3 Å². The van der Waals surface area contributed by atoms with Crippen molar-refractivity contribution in [3.8, 4) is 0 Å². The van der Waals surface area contributed by atoms with Crippen molar-refractivity contribution in [2.45, 2.75) is 26.2 Å². The first-order chi connectivity index (χ1) is 9.63. The van der Waals surface area contributed by atoms with Gasteiger partial charge in [-0.2, -0.15) is 0 Å². The fourth-order valence-corrected chi connectivity index (χ4v) is 2.64. The minimum absolute atomic E-state index is 0.131. The Bertz CT molecular complexity index is 650. The van der Waals surface area contributed by atoms with Gasteiger partial charge in [-0.1, -0.05) is 12.1 Å². The van der Waals surface area contributed by atoms with Crippen molar-refractivity contribution in [3.63, 3.8) is 0 Å². The van der Waals surface area contributed by atoms with Crippen molar-refractivity contribution in [3.05, 3.63) is 47.3 Å². The van der Waals surface area contributed by atoms with Crippen molar-refractivity contribution in [1.82, 2.24) is 9.97 Å². The molecule has 1 aromatic heterocycles. The van der Waals surface area contributed by atoms with Gasteiger partial charge in [0.2, 0.25) is 5.91 Å². The number of carbonyl (C=O) groups excluding carboxylic acids is 1. The van der Waals surface area contributed by atoms with Crippen LogP contribution in [0.25, 0.3) is 0 Å². The zero-order chi connectivity index (χ0) is 14.1. The topological polar surface area (TPSA) is 57.8 Å². The summed E-state index contributed by atoms with van der Waals surface area (Å²) in [5.41, 5.74) is 2.32. The number of amides is 1. The van der Waals surface area contributed by atoms with Gasteiger partial charge in [0.05, 0.1) is 11.4 Å². The van der Waals surface area contributed by atoms with E-state index < -0.39 is 5.82 Å². The van der Waals surface area contributed by atoms with E-state index >= 15 is 0 Å². The number of hydrogen-bond donors (Lipinski definition) is 2. The van der Waals surface area contributed by atoms with Gasteiger partial charge in [-0.3, -0.25) is 4.79 Å². The summed E-state index contributed by atoms with van der Waals surface area (Å²) in [6.07, 6.45) is 2.17. The van der Waals surface area contributed by atoms with Crippen molar-refractivity contribution >= 4 is 11.6 Å². The molecule has 1 aliphatic rings. The van der Waals surface area contributed by atoms with Crippen LogP contribution in [0.3, 0.4) is 0 Å². The third-order valence-electron chi connectivity index (χ3n) is 3.67. The standard InChI is InChI=1S/C15H16FN3O/c1-9-17-13-7-6-10(8-14(13)18-9)15(20)19-12-5-3-2-4-11(12)16/h2-5,10H,6-8H2,1H3,(H,17,18)(H,19,20). The summed E-state index contributed by atoms with van der Waals surface area (Å²) in [5, 5.41) is 2.67. The monoisotopic (exact) mass is 273 g/mol. The van der Waals surface area contributed by atoms with Crippen LogP contribution in [-0.4, -0.2) is 15.9 Å². The SMILES string of the molecule is Cc1nc2c([nH]1)CC(C(=O)Nc1ccccc1F)CC2. The second kappa shape index (κ2) is 5.07. The van der Waals surface area contributed by atoms with Gasteiger partial charge in [0, 0.05) is 18.0 Å². The van der Waals surface area contributed by atoms with Crippen LogP contribution in [0, 0.1) is 18.7 Å². The number of fused-ring (bicyclic) bond motifs is 1. The maximum atomic E-state index is 13.5. The molecular weight excluding hydrogens is 257 g/mol. The molecule has 0 bridgehead atoms. The minimum Gasteiger partial charge on any atom is -0.346 e. The molecular formula is C15H16FN3O. The van der Waals surface area contributed by atoms with Crippen LogP contribution in [0.15, 0.2) is 24.3 Å². The number of hydrogen-bond acceptors (Lipinski definition) is 2. The molecule has 0 saturated heterocycles. The van der Waals surface area contributed by atoms with Gasteiger partial charge >= 0.3 is 0 Å². The number of aryl methyl sites for hydroxylation is 2. The van der Waals surface area contributed by atoms with Gasteiger partial charge in [0.1, 0.15) is 11.6 Å². The summed E-state index contributed by atoms with van der Waals surface area (Å²) in [4.78, 5) is 19.8. The van der Waals surface area contributed by atoms with E-state index in [1.165, 1.54) is 6.07 Å². The van der Waals surface area contributed by atoms with Gasteiger partial charge in [0.25, 0.3) is 0 Å². The molecule has 1 heterocycles. The third-order valence-corrected chi connectivity index (χ3v) is 3.67. The fraction of sp³-hybridized carbons (Fsp3) is 0.333. The number of rotatable bonds is 2. The summed E-state index contributed by atoms with van der Waals surface area (Å²) in [5.74, 6) is 0.204. The van der Waals surface area contributed by atoms with E-state index in [1.807, 2.05) is 6.92 Å². The van der Waals surface area contributed by atoms with E-state index in [1.54, 1.807) is 18.2 Å². The predicted molar refractivity (Wildman–Crippen MR) is 73.9 cm³/mol. The first-order valence-electron chi connectivity index (χ1n) is 6.73. The molecule has 1 unspecified atom stereocenters. The van der Waals surface area contributed by atoms with Gasteiger partial charge in [-0.05, 0) is 31.9 Å². The Morgan fingerprint density at radius 2 is 2.25 bits per heavy atom. The Hall–Kier alpha value is -2.17. The average Bonchev–Trinajstić information content (AvgIpc) is 2.80. The largest absolute Gasteiger partial charge is 0.346 e. The molecule has 5 heteroatoms. The van der Waals surface area contributed by atoms with E-state index in [0.29, 0.717) is 6.42 Å². The lowest BCUT2D eigenvalue weighted by Gasteiger charge is -2.20. The Labute approximate surface area is 116 Å². The van der Waals surface area contributed by atoms with Gasteiger partial charge in [0.15, 0.2) is 0 Å². The van der Waals surface area contributed by atoms with Gasteiger partial charge in [-0.25, -0.2) is 9.37 Å². The molecule has 104 valence electrons. The first-order valence-corrected chi connectivity index (χ1v) is 6.73. The number of aromatic amines is 1. The number of para-hydroxylation sites is 1. The van der Waals surface area contributed by atoms with Crippen molar-refractivity contribution < 1.29 is 9.18 Å². The van der Waals surface area contributed by atoms with Crippen LogP contribution in [0.2, 0.25) is 0 Å². The lowest BCUT2D eigenvalue weighted by Crippen LogP contribution is -2.28.